The number of hydrogen-bond acceptors (Lipinski definition) is 2. The van der Waals surface area contributed by atoms with E-state index in [1.54, 1.807) is 11.6 Å². The molecule has 1 aromatic carbocycles. The Balaban J connectivity index is 2.52. The number of benzene rings is 1. The van der Waals surface area contributed by atoms with Crippen LogP contribution in [0, 0.1) is 6.92 Å². The largest absolute Gasteiger partial charge is 0.476 e. The lowest BCUT2D eigenvalue weighted by Crippen LogP contribution is -1.95. The van der Waals surface area contributed by atoms with Crippen LogP contribution in [0.4, 0.5) is 0 Å². The third-order valence-electron chi connectivity index (χ3n) is 2.37. The molecule has 2 aromatic rings. The second-order valence-electron chi connectivity index (χ2n) is 3.74. The molecule has 1 aromatic heterocycles. The quantitative estimate of drug-likeness (QED) is 0.836. The number of imidazole rings is 1. The lowest BCUT2D eigenvalue weighted by molar-refractivity contribution is 0.0691. The molecular weight excluding hydrogens is 204 g/mol. The average Bonchev–Trinajstić information content (AvgIpc) is 2.60. The number of carboxylic acids is 1. The Morgan fingerprint density at radius 1 is 1.44 bits per heavy atom. The fourth-order valence-corrected chi connectivity index (χ4v) is 1.62. The molecule has 4 nitrogen and oxygen atoms in total. The van der Waals surface area contributed by atoms with Crippen LogP contribution in [-0.2, 0) is 7.05 Å². The summed E-state index contributed by atoms with van der Waals surface area (Å²) in [6, 6.07) is 7.82. The van der Waals surface area contributed by atoms with Gasteiger partial charge in [0.1, 0.15) is 5.82 Å². The van der Waals surface area contributed by atoms with Gasteiger partial charge >= 0.3 is 5.97 Å². The zero-order valence-corrected chi connectivity index (χ0v) is 9.14. The molecule has 82 valence electrons. The van der Waals surface area contributed by atoms with Gasteiger partial charge in [0, 0.05) is 18.8 Å². The number of nitrogens with zero attached hydrogens (tertiary/aromatic N) is 2. The Hall–Kier alpha value is -2.10. The van der Waals surface area contributed by atoms with Gasteiger partial charge in [-0.2, -0.15) is 0 Å². The molecule has 4 heteroatoms. The molecule has 16 heavy (non-hydrogen) atoms. The van der Waals surface area contributed by atoms with E-state index in [9.17, 15) is 4.79 Å². The predicted octanol–water partition coefficient (Wildman–Crippen LogP) is 2.09. The van der Waals surface area contributed by atoms with Crippen molar-refractivity contribution >= 4 is 5.97 Å². The van der Waals surface area contributed by atoms with Crippen molar-refractivity contribution in [1.29, 1.82) is 0 Å². The molecule has 0 aliphatic rings. The van der Waals surface area contributed by atoms with Crippen molar-refractivity contribution in [2.75, 3.05) is 0 Å². The van der Waals surface area contributed by atoms with Gasteiger partial charge in [-0.3, -0.25) is 0 Å². The van der Waals surface area contributed by atoms with Gasteiger partial charge < -0.3 is 9.67 Å². The molecule has 0 atom stereocenters. The van der Waals surface area contributed by atoms with E-state index in [1.165, 1.54) is 6.20 Å². The third kappa shape index (κ3) is 1.82. The maximum atomic E-state index is 10.8. The van der Waals surface area contributed by atoms with Crippen LogP contribution in [0.15, 0.2) is 30.5 Å². The van der Waals surface area contributed by atoms with Gasteiger partial charge in [0.15, 0.2) is 5.69 Å². The number of carboxylic acid groups (broad SMARTS) is 1. The molecule has 0 aliphatic heterocycles. The maximum Gasteiger partial charge on any atom is 0.356 e. The van der Waals surface area contributed by atoms with Crippen molar-refractivity contribution in [3.8, 4) is 11.4 Å². The standard InChI is InChI=1S/C12H12N2O2/c1-8-4-3-5-9(6-8)11-13-10(12(15)16)7-14(11)2/h3-7H,1-2H3,(H,15,16). The average molecular weight is 216 g/mol. The van der Waals surface area contributed by atoms with Crippen LogP contribution in [-0.4, -0.2) is 20.6 Å². The van der Waals surface area contributed by atoms with Gasteiger partial charge in [0.25, 0.3) is 0 Å². The molecule has 0 radical (unpaired) electrons. The molecule has 0 spiro atoms. The summed E-state index contributed by atoms with van der Waals surface area (Å²) < 4.78 is 1.72. The van der Waals surface area contributed by atoms with Gasteiger partial charge in [-0.05, 0) is 13.0 Å². The summed E-state index contributed by atoms with van der Waals surface area (Å²) in [5.74, 6) is -0.337. The zero-order chi connectivity index (χ0) is 11.7. The normalized spacial score (nSPS) is 10.4. The summed E-state index contributed by atoms with van der Waals surface area (Å²) in [6.45, 7) is 1.99. The minimum Gasteiger partial charge on any atom is -0.476 e. The van der Waals surface area contributed by atoms with E-state index in [0.717, 1.165) is 11.1 Å². The number of rotatable bonds is 2. The van der Waals surface area contributed by atoms with Gasteiger partial charge in [-0.1, -0.05) is 23.8 Å². The third-order valence-corrected chi connectivity index (χ3v) is 2.37. The molecule has 0 saturated carbocycles. The molecular formula is C12H12N2O2. The Morgan fingerprint density at radius 3 is 2.75 bits per heavy atom. The first kappa shape index (κ1) is 10.4. The summed E-state index contributed by atoms with van der Waals surface area (Å²) in [7, 11) is 1.79. The monoisotopic (exact) mass is 216 g/mol. The number of aromatic nitrogens is 2. The fraction of sp³-hybridized carbons (Fsp3) is 0.167. The van der Waals surface area contributed by atoms with Crippen molar-refractivity contribution < 1.29 is 9.90 Å². The fourth-order valence-electron chi connectivity index (χ4n) is 1.62. The smallest absolute Gasteiger partial charge is 0.356 e. The molecule has 0 bridgehead atoms. The van der Waals surface area contributed by atoms with Crippen molar-refractivity contribution in [3.63, 3.8) is 0 Å². The molecule has 0 fully saturated rings. The summed E-state index contributed by atoms with van der Waals surface area (Å²) in [6.07, 6.45) is 1.51. The van der Waals surface area contributed by atoms with E-state index in [0.29, 0.717) is 5.82 Å². The summed E-state index contributed by atoms with van der Waals surface area (Å²) >= 11 is 0. The van der Waals surface area contributed by atoms with Crippen LogP contribution in [0.2, 0.25) is 0 Å². The second-order valence-corrected chi connectivity index (χ2v) is 3.74. The van der Waals surface area contributed by atoms with Crippen molar-refractivity contribution in [2.24, 2.45) is 7.05 Å². The topological polar surface area (TPSA) is 55.1 Å². The van der Waals surface area contributed by atoms with E-state index >= 15 is 0 Å². The number of carbonyl (C=O) groups is 1. The van der Waals surface area contributed by atoms with E-state index in [-0.39, 0.29) is 5.69 Å². The lowest BCUT2D eigenvalue weighted by Gasteiger charge is -2.01. The maximum absolute atomic E-state index is 10.8. The minimum absolute atomic E-state index is 0.0685. The van der Waals surface area contributed by atoms with Crippen LogP contribution < -0.4 is 0 Å². The van der Waals surface area contributed by atoms with Gasteiger partial charge in [0.2, 0.25) is 0 Å². The van der Waals surface area contributed by atoms with Gasteiger partial charge in [0.05, 0.1) is 0 Å². The number of hydrogen-bond donors (Lipinski definition) is 1. The first-order valence-electron chi connectivity index (χ1n) is 4.91. The summed E-state index contributed by atoms with van der Waals surface area (Å²) in [4.78, 5) is 14.9. The molecule has 1 N–H and O–H groups in total. The van der Waals surface area contributed by atoms with Crippen molar-refractivity contribution in [2.45, 2.75) is 6.92 Å². The number of aryl methyl sites for hydroxylation is 2. The van der Waals surface area contributed by atoms with Gasteiger partial charge in [-0.15, -0.1) is 0 Å². The van der Waals surface area contributed by atoms with Crippen molar-refractivity contribution in [1.82, 2.24) is 9.55 Å². The predicted molar refractivity (Wildman–Crippen MR) is 60.3 cm³/mol. The highest BCUT2D eigenvalue weighted by Gasteiger charge is 2.12. The SMILES string of the molecule is Cc1cccc(-c2nc(C(=O)O)cn2C)c1. The Labute approximate surface area is 93.2 Å². The lowest BCUT2D eigenvalue weighted by atomic mass is 10.1. The van der Waals surface area contributed by atoms with E-state index in [1.807, 2.05) is 31.2 Å². The first-order valence-corrected chi connectivity index (χ1v) is 4.91. The van der Waals surface area contributed by atoms with E-state index < -0.39 is 5.97 Å². The zero-order valence-electron chi connectivity index (χ0n) is 9.14. The molecule has 0 amide bonds. The van der Waals surface area contributed by atoms with Crippen LogP contribution >= 0.6 is 0 Å². The number of aromatic carboxylic acids is 1. The summed E-state index contributed by atoms with van der Waals surface area (Å²) in [5, 5.41) is 8.85. The first-order chi connectivity index (χ1) is 7.58. The molecule has 0 saturated heterocycles. The molecule has 1 heterocycles. The molecule has 0 unspecified atom stereocenters. The second kappa shape index (κ2) is 3.81. The van der Waals surface area contributed by atoms with Crippen LogP contribution in [0.25, 0.3) is 11.4 Å². The Kier molecular flexibility index (Phi) is 2.48. The molecule has 0 aliphatic carbocycles. The highest BCUT2D eigenvalue weighted by Crippen LogP contribution is 2.19. The Bertz CT molecular complexity index is 544. The Morgan fingerprint density at radius 2 is 2.19 bits per heavy atom. The van der Waals surface area contributed by atoms with E-state index in [2.05, 4.69) is 4.98 Å². The van der Waals surface area contributed by atoms with Gasteiger partial charge in [-0.25, -0.2) is 9.78 Å². The van der Waals surface area contributed by atoms with Crippen LogP contribution in [0.1, 0.15) is 16.1 Å². The highest BCUT2D eigenvalue weighted by atomic mass is 16.4. The molecule has 2 rings (SSSR count). The van der Waals surface area contributed by atoms with Crippen molar-refractivity contribution in [3.05, 3.63) is 41.7 Å². The van der Waals surface area contributed by atoms with Crippen LogP contribution in [0.5, 0.6) is 0 Å². The minimum atomic E-state index is -1.01. The highest BCUT2D eigenvalue weighted by molar-refractivity contribution is 5.86. The summed E-state index contributed by atoms with van der Waals surface area (Å²) in [5.41, 5.74) is 2.12. The van der Waals surface area contributed by atoms with Crippen LogP contribution in [0.3, 0.4) is 0 Å². The van der Waals surface area contributed by atoms with E-state index in [4.69, 9.17) is 5.11 Å².